The van der Waals surface area contributed by atoms with Crippen LogP contribution in [-0.4, -0.2) is 26.0 Å². The second-order valence-corrected chi connectivity index (χ2v) is 10.4. The van der Waals surface area contributed by atoms with E-state index in [-0.39, 0.29) is 0 Å². The monoisotopic (exact) mass is 403 g/mol. The number of hydrogen-bond acceptors (Lipinski definition) is 4. The van der Waals surface area contributed by atoms with Gasteiger partial charge in [-0.3, -0.25) is 0 Å². The molecule has 0 aliphatic carbocycles. The summed E-state index contributed by atoms with van der Waals surface area (Å²) in [6.45, 7) is 4.58. The molecule has 98 valence electrons. The van der Waals surface area contributed by atoms with Crippen LogP contribution in [0.1, 0.15) is 18.7 Å². The molecule has 0 spiro atoms. The molecule has 1 aromatic heterocycles. The highest BCUT2D eigenvalue weighted by molar-refractivity contribution is 9.13. The van der Waals surface area contributed by atoms with Crippen LogP contribution in [0.5, 0.6) is 0 Å². The lowest BCUT2D eigenvalue weighted by Crippen LogP contribution is -2.41. The number of halogens is 2. The maximum atomic E-state index is 11.5. The van der Waals surface area contributed by atoms with Crippen molar-refractivity contribution in [2.45, 2.75) is 25.1 Å². The van der Waals surface area contributed by atoms with Crippen molar-refractivity contribution >= 4 is 53.0 Å². The van der Waals surface area contributed by atoms with Gasteiger partial charge in [0.15, 0.2) is 9.84 Å². The Morgan fingerprint density at radius 3 is 2.41 bits per heavy atom. The van der Waals surface area contributed by atoms with Gasteiger partial charge in [-0.25, -0.2) is 8.42 Å². The van der Waals surface area contributed by atoms with Crippen molar-refractivity contribution in [3.05, 3.63) is 19.2 Å². The predicted molar refractivity (Wildman–Crippen MR) is 80.3 cm³/mol. The van der Waals surface area contributed by atoms with Crippen LogP contribution in [0.25, 0.3) is 0 Å². The molecule has 0 aliphatic rings. The largest absolute Gasteiger partial charge is 0.310 e. The lowest BCUT2D eigenvalue weighted by Gasteiger charge is -2.22. The van der Waals surface area contributed by atoms with Gasteiger partial charge in [0.25, 0.3) is 0 Å². The van der Waals surface area contributed by atoms with Crippen LogP contribution in [0.3, 0.4) is 0 Å². The first-order valence-electron chi connectivity index (χ1n) is 4.97. The molecule has 0 atom stereocenters. The molecule has 1 heterocycles. The summed E-state index contributed by atoms with van der Waals surface area (Å²) in [7, 11) is -3.04. The van der Waals surface area contributed by atoms with E-state index in [1.165, 1.54) is 6.26 Å². The van der Waals surface area contributed by atoms with Crippen molar-refractivity contribution in [1.82, 2.24) is 5.32 Å². The maximum absolute atomic E-state index is 11.5. The van der Waals surface area contributed by atoms with E-state index in [2.05, 4.69) is 37.2 Å². The summed E-state index contributed by atoms with van der Waals surface area (Å²) in [5.41, 5.74) is 0. The molecular formula is C10H15Br2NO2S2. The molecule has 3 nitrogen and oxygen atoms in total. The van der Waals surface area contributed by atoms with Crippen molar-refractivity contribution < 1.29 is 8.42 Å². The van der Waals surface area contributed by atoms with Crippen molar-refractivity contribution in [2.75, 3.05) is 12.8 Å². The molecule has 1 rings (SSSR count). The average molecular weight is 405 g/mol. The van der Waals surface area contributed by atoms with Gasteiger partial charge in [-0.05, 0) is 51.8 Å². The van der Waals surface area contributed by atoms with E-state index < -0.39 is 14.6 Å². The Morgan fingerprint density at radius 1 is 1.41 bits per heavy atom. The van der Waals surface area contributed by atoms with Gasteiger partial charge in [0.1, 0.15) is 0 Å². The molecule has 0 aromatic carbocycles. The number of hydrogen-bond donors (Lipinski definition) is 1. The lowest BCUT2D eigenvalue weighted by molar-refractivity contribution is 0.522. The maximum Gasteiger partial charge on any atom is 0.153 e. The van der Waals surface area contributed by atoms with Gasteiger partial charge >= 0.3 is 0 Å². The van der Waals surface area contributed by atoms with E-state index in [9.17, 15) is 8.42 Å². The van der Waals surface area contributed by atoms with Gasteiger partial charge in [-0.1, -0.05) is 0 Å². The molecular weight excluding hydrogens is 390 g/mol. The Bertz CT molecular complexity index is 475. The van der Waals surface area contributed by atoms with Crippen LogP contribution in [-0.2, 0) is 16.4 Å². The first kappa shape index (κ1) is 15.6. The van der Waals surface area contributed by atoms with Gasteiger partial charge in [0, 0.05) is 28.7 Å². The van der Waals surface area contributed by atoms with Gasteiger partial charge in [0.05, 0.1) is 8.53 Å². The third kappa shape index (κ3) is 4.31. The molecule has 0 unspecified atom stereocenters. The third-order valence-corrected chi connectivity index (χ3v) is 7.96. The summed E-state index contributed by atoms with van der Waals surface area (Å²) in [5.74, 6) is 0. The molecule has 0 fully saturated rings. The van der Waals surface area contributed by atoms with Crippen molar-refractivity contribution in [2.24, 2.45) is 0 Å². The summed E-state index contributed by atoms with van der Waals surface area (Å²) in [6.07, 6.45) is 1.27. The first-order chi connectivity index (χ1) is 7.63. The smallest absolute Gasteiger partial charge is 0.153 e. The number of thiophene rings is 1. The molecule has 1 N–H and O–H groups in total. The van der Waals surface area contributed by atoms with Gasteiger partial charge < -0.3 is 5.32 Å². The summed E-state index contributed by atoms with van der Waals surface area (Å²) >= 11 is 8.48. The second kappa shape index (κ2) is 5.69. The Hall–Kier alpha value is 0.570. The normalized spacial score (nSPS) is 13.0. The van der Waals surface area contributed by atoms with Crippen molar-refractivity contribution in [1.29, 1.82) is 0 Å². The minimum absolute atomic E-state index is 0.443. The van der Waals surface area contributed by atoms with Crippen LogP contribution in [0.15, 0.2) is 14.3 Å². The van der Waals surface area contributed by atoms with Gasteiger partial charge in [-0.15, -0.1) is 11.3 Å². The van der Waals surface area contributed by atoms with Crippen LogP contribution in [0.2, 0.25) is 0 Å². The zero-order valence-corrected chi connectivity index (χ0v) is 14.7. The van der Waals surface area contributed by atoms with E-state index in [1.807, 2.05) is 6.07 Å². The Labute approximate surface area is 123 Å². The minimum atomic E-state index is -3.04. The van der Waals surface area contributed by atoms with Crippen molar-refractivity contribution in [3.8, 4) is 0 Å². The topological polar surface area (TPSA) is 46.2 Å². The summed E-state index contributed by atoms with van der Waals surface area (Å²) in [4.78, 5) is 1.16. The first-order valence-corrected chi connectivity index (χ1v) is 9.27. The fraction of sp³-hybridized carbons (Fsp3) is 0.600. The predicted octanol–water partition coefficient (Wildman–Crippen LogP) is 3.19. The van der Waals surface area contributed by atoms with Crippen LogP contribution >= 0.6 is 43.2 Å². The van der Waals surface area contributed by atoms with Crippen molar-refractivity contribution in [3.63, 3.8) is 0 Å². The lowest BCUT2D eigenvalue weighted by atomic mass is 10.2. The fourth-order valence-electron chi connectivity index (χ4n) is 1.10. The highest BCUT2D eigenvalue weighted by Crippen LogP contribution is 2.32. The van der Waals surface area contributed by atoms with Gasteiger partial charge in [-0.2, -0.15) is 0 Å². The quantitative estimate of drug-likeness (QED) is 0.819. The molecule has 0 saturated carbocycles. The minimum Gasteiger partial charge on any atom is -0.310 e. The standard InChI is InChI=1S/C10H15Br2NO2S2/c1-10(2,17(3,14)15)6-13-5-7-4-8(11)9(12)16-7/h4,13H,5-6H2,1-3H3. The SMILES string of the molecule is CC(C)(CNCc1cc(Br)c(Br)s1)S(C)(=O)=O. The molecule has 0 saturated heterocycles. The van der Waals surface area contributed by atoms with E-state index in [4.69, 9.17) is 0 Å². The highest BCUT2D eigenvalue weighted by atomic mass is 79.9. The fourth-order valence-corrected chi connectivity index (χ4v) is 3.61. The summed E-state index contributed by atoms with van der Waals surface area (Å²) in [5, 5.41) is 3.18. The van der Waals surface area contributed by atoms with Crippen LogP contribution < -0.4 is 5.32 Å². The van der Waals surface area contributed by atoms with E-state index in [0.717, 1.165) is 13.1 Å². The Morgan fingerprint density at radius 2 is 2.00 bits per heavy atom. The summed E-state index contributed by atoms with van der Waals surface area (Å²) < 4.78 is 24.3. The molecule has 0 amide bonds. The zero-order chi connectivity index (χ0) is 13.3. The third-order valence-electron chi connectivity index (χ3n) is 2.55. The van der Waals surface area contributed by atoms with E-state index >= 15 is 0 Å². The van der Waals surface area contributed by atoms with E-state index in [0.29, 0.717) is 13.1 Å². The molecule has 0 bridgehead atoms. The zero-order valence-electron chi connectivity index (χ0n) is 9.88. The Kier molecular flexibility index (Phi) is 5.23. The molecule has 0 radical (unpaired) electrons. The Balaban J connectivity index is 2.54. The number of nitrogens with one attached hydrogen (secondary N) is 1. The van der Waals surface area contributed by atoms with Crippen LogP contribution in [0.4, 0.5) is 0 Å². The van der Waals surface area contributed by atoms with Crippen LogP contribution in [0, 0.1) is 0 Å². The second-order valence-electron chi connectivity index (χ2n) is 4.47. The highest BCUT2D eigenvalue weighted by Gasteiger charge is 2.29. The molecule has 7 heteroatoms. The average Bonchev–Trinajstić information content (AvgIpc) is 2.44. The molecule has 17 heavy (non-hydrogen) atoms. The number of sulfone groups is 1. The van der Waals surface area contributed by atoms with E-state index in [1.54, 1.807) is 25.2 Å². The number of rotatable bonds is 5. The molecule has 0 aliphatic heterocycles. The molecule has 1 aromatic rings. The van der Waals surface area contributed by atoms with Gasteiger partial charge in [0.2, 0.25) is 0 Å². The summed E-state index contributed by atoms with van der Waals surface area (Å²) in [6, 6.07) is 2.02.